The topological polar surface area (TPSA) is 32.3 Å². The van der Waals surface area contributed by atoms with E-state index in [2.05, 4.69) is 5.32 Å². The monoisotopic (exact) mass is 259 g/mol. The summed E-state index contributed by atoms with van der Waals surface area (Å²) in [6, 6.07) is 13.9. The first-order chi connectivity index (χ1) is 9.06. The van der Waals surface area contributed by atoms with Gasteiger partial charge in [-0.25, -0.2) is 4.39 Å². The van der Waals surface area contributed by atoms with Crippen LogP contribution >= 0.6 is 0 Å². The molecule has 1 unspecified atom stereocenters. The van der Waals surface area contributed by atoms with Gasteiger partial charge in [-0.3, -0.25) is 0 Å². The van der Waals surface area contributed by atoms with E-state index in [-0.39, 0.29) is 23.7 Å². The highest BCUT2D eigenvalue weighted by Crippen LogP contribution is 2.22. The summed E-state index contributed by atoms with van der Waals surface area (Å²) in [5.41, 5.74) is 2.06. The van der Waals surface area contributed by atoms with Crippen LogP contribution in [0.3, 0.4) is 0 Å². The van der Waals surface area contributed by atoms with Gasteiger partial charge in [0.2, 0.25) is 0 Å². The van der Waals surface area contributed by atoms with E-state index in [1.54, 1.807) is 24.3 Å². The van der Waals surface area contributed by atoms with E-state index in [4.69, 9.17) is 0 Å². The maximum absolute atomic E-state index is 12.9. The molecule has 0 aliphatic rings. The molecule has 0 radical (unpaired) electrons. The minimum atomic E-state index is -0.225. The van der Waals surface area contributed by atoms with Gasteiger partial charge in [0.25, 0.3) is 0 Å². The molecule has 19 heavy (non-hydrogen) atoms. The molecule has 0 aromatic heterocycles. The van der Waals surface area contributed by atoms with Gasteiger partial charge in [0.05, 0.1) is 0 Å². The fourth-order valence-corrected chi connectivity index (χ4v) is 2.11. The van der Waals surface area contributed by atoms with Gasteiger partial charge >= 0.3 is 0 Å². The Morgan fingerprint density at radius 1 is 0.947 bits per heavy atom. The highest BCUT2D eigenvalue weighted by molar-refractivity contribution is 5.29. The van der Waals surface area contributed by atoms with E-state index in [0.717, 1.165) is 11.1 Å². The predicted molar refractivity (Wildman–Crippen MR) is 74.5 cm³/mol. The molecule has 2 atom stereocenters. The van der Waals surface area contributed by atoms with Crippen LogP contribution in [0.2, 0.25) is 0 Å². The molecule has 0 saturated carbocycles. The normalized spacial score (nSPS) is 14.1. The number of rotatable bonds is 4. The average Bonchev–Trinajstić information content (AvgIpc) is 2.39. The molecule has 3 heteroatoms. The van der Waals surface area contributed by atoms with Crippen LogP contribution in [-0.2, 0) is 0 Å². The zero-order chi connectivity index (χ0) is 13.8. The van der Waals surface area contributed by atoms with E-state index in [1.807, 2.05) is 26.0 Å². The Morgan fingerprint density at radius 3 is 2.21 bits per heavy atom. The molecule has 0 fully saturated rings. The van der Waals surface area contributed by atoms with Crippen molar-refractivity contribution in [1.82, 2.24) is 5.32 Å². The van der Waals surface area contributed by atoms with Crippen molar-refractivity contribution in [3.05, 3.63) is 65.5 Å². The number of phenols is 1. The van der Waals surface area contributed by atoms with E-state index in [0.29, 0.717) is 0 Å². The Balaban J connectivity index is 2.06. The van der Waals surface area contributed by atoms with E-state index in [9.17, 15) is 9.50 Å². The molecule has 2 nitrogen and oxygen atoms in total. The largest absolute Gasteiger partial charge is 0.508 e. The lowest BCUT2D eigenvalue weighted by Crippen LogP contribution is -2.22. The second kappa shape index (κ2) is 5.85. The average molecular weight is 259 g/mol. The van der Waals surface area contributed by atoms with Crippen molar-refractivity contribution in [2.75, 3.05) is 0 Å². The number of phenolic OH excluding ortho intramolecular Hbond substituents is 1. The molecule has 0 aliphatic heterocycles. The Morgan fingerprint density at radius 2 is 1.58 bits per heavy atom. The van der Waals surface area contributed by atoms with Crippen LogP contribution in [0.1, 0.15) is 37.1 Å². The molecule has 2 aromatic rings. The summed E-state index contributed by atoms with van der Waals surface area (Å²) in [4.78, 5) is 0. The third kappa shape index (κ3) is 3.55. The lowest BCUT2D eigenvalue weighted by Gasteiger charge is -2.21. The zero-order valence-corrected chi connectivity index (χ0v) is 11.1. The van der Waals surface area contributed by atoms with Gasteiger partial charge in [-0.05, 0) is 49.2 Å². The maximum atomic E-state index is 12.9. The molecule has 0 aliphatic carbocycles. The van der Waals surface area contributed by atoms with Crippen molar-refractivity contribution in [1.29, 1.82) is 0 Å². The van der Waals surface area contributed by atoms with Crippen molar-refractivity contribution in [3.63, 3.8) is 0 Å². The minimum Gasteiger partial charge on any atom is -0.508 e. The molecule has 100 valence electrons. The first-order valence-corrected chi connectivity index (χ1v) is 6.36. The summed E-state index contributed by atoms with van der Waals surface area (Å²) in [6.45, 7) is 4.07. The van der Waals surface area contributed by atoms with Gasteiger partial charge in [-0.2, -0.15) is 0 Å². The fourth-order valence-electron chi connectivity index (χ4n) is 2.11. The number of hydrogen-bond acceptors (Lipinski definition) is 2. The van der Waals surface area contributed by atoms with Crippen LogP contribution in [-0.4, -0.2) is 5.11 Å². The van der Waals surface area contributed by atoms with Crippen LogP contribution in [0.4, 0.5) is 4.39 Å². The molecule has 0 saturated heterocycles. The first kappa shape index (κ1) is 13.6. The predicted octanol–water partition coefficient (Wildman–Crippen LogP) is 3.94. The third-order valence-corrected chi connectivity index (χ3v) is 3.24. The maximum Gasteiger partial charge on any atom is 0.123 e. The van der Waals surface area contributed by atoms with Gasteiger partial charge in [0, 0.05) is 12.1 Å². The van der Waals surface area contributed by atoms with Crippen LogP contribution in [0.5, 0.6) is 5.75 Å². The van der Waals surface area contributed by atoms with Crippen molar-refractivity contribution in [3.8, 4) is 5.75 Å². The Hall–Kier alpha value is -1.87. The highest BCUT2D eigenvalue weighted by atomic mass is 19.1. The van der Waals surface area contributed by atoms with E-state index < -0.39 is 0 Å². The number of aromatic hydroxyl groups is 1. The Labute approximate surface area is 112 Å². The van der Waals surface area contributed by atoms with Crippen LogP contribution < -0.4 is 5.32 Å². The summed E-state index contributed by atoms with van der Waals surface area (Å²) in [7, 11) is 0. The van der Waals surface area contributed by atoms with Crippen LogP contribution in [0, 0.1) is 5.82 Å². The molecule has 0 bridgehead atoms. The molecule has 2 N–H and O–H groups in total. The summed E-state index contributed by atoms with van der Waals surface area (Å²) < 4.78 is 12.9. The lowest BCUT2D eigenvalue weighted by molar-refractivity contribution is 0.466. The van der Waals surface area contributed by atoms with Gasteiger partial charge in [0.15, 0.2) is 0 Å². The molecule has 2 aromatic carbocycles. The molecular weight excluding hydrogens is 241 g/mol. The second-order valence-electron chi connectivity index (χ2n) is 4.76. The summed E-state index contributed by atoms with van der Waals surface area (Å²) in [6.07, 6.45) is 0. The first-order valence-electron chi connectivity index (χ1n) is 6.36. The standard InChI is InChI=1S/C16H18FNO/c1-11(13-6-8-15(17)9-7-13)18-12(2)14-4-3-5-16(19)10-14/h3-12,18-19H,1-2H3/t11-,12?/m1/s1. The molecule has 0 spiro atoms. The second-order valence-corrected chi connectivity index (χ2v) is 4.76. The molecular formula is C16H18FNO. The van der Waals surface area contributed by atoms with Gasteiger partial charge in [0.1, 0.15) is 11.6 Å². The number of hydrogen-bond donors (Lipinski definition) is 2. The van der Waals surface area contributed by atoms with Gasteiger partial charge in [-0.15, -0.1) is 0 Å². The molecule has 0 amide bonds. The van der Waals surface area contributed by atoms with Gasteiger partial charge in [-0.1, -0.05) is 24.3 Å². The van der Waals surface area contributed by atoms with Crippen molar-refractivity contribution in [2.45, 2.75) is 25.9 Å². The van der Waals surface area contributed by atoms with Crippen molar-refractivity contribution in [2.24, 2.45) is 0 Å². The number of benzene rings is 2. The SMILES string of the molecule is CC(N[C@H](C)c1ccc(F)cc1)c1cccc(O)c1. The zero-order valence-electron chi connectivity index (χ0n) is 11.1. The van der Waals surface area contributed by atoms with Gasteiger partial charge < -0.3 is 10.4 Å². The third-order valence-electron chi connectivity index (χ3n) is 3.24. The number of nitrogens with one attached hydrogen (secondary N) is 1. The van der Waals surface area contributed by atoms with Crippen molar-refractivity contribution < 1.29 is 9.50 Å². The lowest BCUT2D eigenvalue weighted by atomic mass is 10.0. The van der Waals surface area contributed by atoms with E-state index in [1.165, 1.54) is 12.1 Å². The highest BCUT2D eigenvalue weighted by Gasteiger charge is 2.11. The quantitative estimate of drug-likeness (QED) is 0.871. The van der Waals surface area contributed by atoms with E-state index >= 15 is 0 Å². The Bertz CT molecular complexity index is 539. The number of halogens is 1. The smallest absolute Gasteiger partial charge is 0.123 e. The molecule has 0 heterocycles. The minimum absolute atomic E-state index is 0.104. The Kier molecular flexibility index (Phi) is 4.17. The molecule has 2 rings (SSSR count). The summed E-state index contributed by atoms with van der Waals surface area (Å²) in [5, 5.41) is 12.9. The fraction of sp³-hybridized carbons (Fsp3) is 0.250. The summed E-state index contributed by atoms with van der Waals surface area (Å²) in [5.74, 6) is 0.0394. The summed E-state index contributed by atoms with van der Waals surface area (Å²) >= 11 is 0. The van der Waals surface area contributed by atoms with Crippen LogP contribution in [0.15, 0.2) is 48.5 Å². The van der Waals surface area contributed by atoms with Crippen LogP contribution in [0.25, 0.3) is 0 Å². The van der Waals surface area contributed by atoms with Crippen molar-refractivity contribution >= 4 is 0 Å².